The van der Waals surface area contributed by atoms with E-state index in [-0.39, 0.29) is 31.3 Å². The molecule has 0 radical (unpaired) electrons. The Morgan fingerprint density at radius 3 is 2.50 bits per heavy atom. The zero-order valence-electron chi connectivity index (χ0n) is 19.5. The Labute approximate surface area is 202 Å². The maximum absolute atomic E-state index is 13.3. The first kappa shape index (κ1) is 27.9. The van der Waals surface area contributed by atoms with Gasteiger partial charge in [-0.3, -0.25) is 9.59 Å². The summed E-state index contributed by atoms with van der Waals surface area (Å²) < 4.78 is 41.5. The first-order valence-corrected chi connectivity index (χ1v) is 11.4. The van der Waals surface area contributed by atoms with E-state index in [1.54, 1.807) is 39.0 Å². The van der Waals surface area contributed by atoms with Crippen LogP contribution in [-0.2, 0) is 32.2 Å². The summed E-state index contributed by atoms with van der Waals surface area (Å²) in [6.07, 6.45) is -4.09. The molecule has 3 N–H and O–H groups in total. The first-order chi connectivity index (χ1) is 15.8. The number of nitrogens with zero attached hydrogens (tertiary/aromatic N) is 1. The summed E-state index contributed by atoms with van der Waals surface area (Å²) in [5.74, 6) is -3.70. The molecule has 34 heavy (non-hydrogen) atoms. The number of nitrogens with two attached hydrogens (primary N) is 1. The Kier molecular flexibility index (Phi) is 9.36. The molecular formula is C23H31ClF3N3O4. The van der Waals surface area contributed by atoms with Crippen LogP contribution in [0.2, 0.25) is 5.02 Å². The van der Waals surface area contributed by atoms with E-state index < -0.39 is 36.1 Å². The van der Waals surface area contributed by atoms with Gasteiger partial charge in [-0.15, -0.1) is 0 Å². The quantitative estimate of drug-likeness (QED) is 0.526. The highest BCUT2D eigenvalue weighted by Gasteiger charge is 2.43. The van der Waals surface area contributed by atoms with Crippen molar-refractivity contribution in [2.75, 3.05) is 13.2 Å². The summed E-state index contributed by atoms with van der Waals surface area (Å²) in [5, 5.41) is 3.35. The van der Waals surface area contributed by atoms with E-state index in [2.05, 4.69) is 10.1 Å². The smallest absolute Gasteiger partial charge is 0.459 e. The van der Waals surface area contributed by atoms with Crippen LogP contribution in [0.5, 0.6) is 0 Å². The van der Waals surface area contributed by atoms with Crippen LogP contribution in [0, 0.1) is 11.3 Å². The molecule has 1 aromatic rings. The molecule has 1 aromatic carbocycles. The van der Waals surface area contributed by atoms with Gasteiger partial charge < -0.3 is 20.7 Å². The molecule has 0 saturated carbocycles. The molecule has 0 spiro atoms. The second kappa shape index (κ2) is 11.4. The van der Waals surface area contributed by atoms with Gasteiger partial charge in [0.2, 0.25) is 11.8 Å². The van der Waals surface area contributed by atoms with Crippen LogP contribution in [0.15, 0.2) is 18.2 Å². The second-order valence-electron chi connectivity index (χ2n) is 9.37. The van der Waals surface area contributed by atoms with E-state index in [0.717, 1.165) is 11.1 Å². The van der Waals surface area contributed by atoms with Crippen LogP contribution < -0.4 is 11.1 Å². The van der Waals surface area contributed by atoms with Crippen LogP contribution in [-0.4, -0.2) is 48.1 Å². The predicted molar refractivity (Wildman–Crippen MR) is 121 cm³/mol. The lowest BCUT2D eigenvalue weighted by molar-refractivity contribution is -0.200. The number of rotatable bonds is 8. The van der Waals surface area contributed by atoms with Crippen molar-refractivity contribution in [1.29, 1.82) is 0 Å². The van der Waals surface area contributed by atoms with E-state index in [0.29, 0.717) is 24.4 Å². The zero-order valence-corrected chi connectivity index (χ0v) is 20.3. The highest BCUT2D eigenvalue weighted by Crippen LogP contribution is 2.33. The topological polar surface area (TPSA) is 102 Å². The van der Waals surface area contributed by atoms with Crippen molar-refractivity contribution in [2.24, 2.45) is 17.1 Å². The van der Waals surface area contributed by atoms with Crippen molar-refractivity contribution in [1.82, 2.24) is 10.2 Å². The normalized spacial score (nSPS) is 17.4. The number of nitrogens with one attached hydrogen (secondary N) is 1. The minimum atomic E-state index is -5.09. The molecule has 2 rings (SSSR count). The zero-order chi connectivity index (χ0) is 25.7. The summed E-state index contributed by atoms with van der Waals surface area (Å²) in [4.78, 5) is 38.8. The van der Waals surface area contributed by atoms with E-state index in [9.17, 15) is 27.6 Å². The fourth-order valence-electron chi connectivity index (χ4n) is 4.04. The molecule has 0 unspecified atom stereocenters. The van der Waals surface area contributed by atoms with Crippen LogP contribution in [0.1, 0.15) is 51.2 Å². The Bertz CT molecular complexity index is 902. The standard InChI is InChI=1S/C23H31ClF3N3O4/c1-22(2,3)17(8-10-34-21(33)23(25,26)27)20(32)30-9-4-5-18(30)19(31)29-13-15-11-16(24)7-6-14(15)12-28/h6-7,11,17-18H,4-5,8-10,12-13,28H2,1-3H3,(H,29,31)/t17-,18-/m0/s1. The third-order valence-corrected chi connectivity index (χ3v) is 6.13. The minimum absolute atomic E-state index is 0.0859. The van der Waals surface area contributed by atoms with E-state index in [1.165, 1.54) is 4.90 Å². The van der Waals surface area contributed by atoms with Gasteiger partial charge >= 0.3 is 12.1 Å². The second-order valence-corrected chi connectivity index (χ2v) is 9.80. The SMILES string of the molecule is CC(C)(C)[C@@H](CCOC(=O)C(F)(F)F)C(=O)N1CCC[C@H]1C(=O)NCc1cc(Cl)ccc1CN. The summed E-state index contributed by atoms with van der Waals surface area (Å²) in [7, 11) is 0. The lowest BCUT2D eigenvalue weighted by Crippen LogP contribution is -2.50. The predicted octanol–water partition coefficient (Wildman–Crippen LogP) is 3.56. The average molecular weight is 506 g/mol. The number of hydrogen-bond acceptors (Lipinski definition) is 5. The third kappa shape index (κ3) is 7.33. The van der Waals surface area contributed by atoms with Crippen LogP contribution >= 0.6 is 11.6 Å². The fraction of sp³-hybridized carbons (Fsp3) is 0.609. The maximum atomic E-state index is 13.3. The number of carbonyl (C=O) groups is 3. The van der Waals surface area contributed by atoms with Gasteiger partial charge in [-0.1, -0.05) is 38.4 Å². The number of amides is 2. The molecule has 1 aliphatic rings. The Balaban J connectivity index is 2.06. The van der Waals surface area contributed by atoms with Gasteiger partial charge in [0, 0.05) is 30.6 Å². The number of hydrogen-bond donors (Lipinski definition) is 2. The van der Waals surface area contributed by atoms with Crippen LogP contribution in [0.3, 0.4) is 0 Å². The molecule has 1 aliphatic heterocycles. The van der Waals surface area contributed by atoms with E-state index >= 15 is 0 Å². The largest absolute Gasteiger partial charge is 0.490 e. The van der Waals surface area contributed by atoms with E-state index in [4.69, 9.17) is 17.3 Å². The van der Waals surface area contributed by atoms with Crippen molar-refractivity contribution in [3.63, 3.8) is 0 Å². The molecule has 0 bridgehead atoms. The van der Waals surface area contributed by atoms with Crippen molar-refractivity contribution in [3.05, 3.63) is 34.3 Å². The van der Waals surface area contributed by atoms with Crippen LogP contribution in [0.4, 0.5) is 13.2 Å². The molecule has 1 saturated heterocycles. The highest BCUT2D eigenvalue weighted by molar-refractivity contribution is 6.30. The number of benzene rings is 1. The number of likely N-dealkylation sites (tertiary alicyclic amines) is 1. The average Bonchev–Trinajstić information content (AvgIpc) is 3.23. The van der Waals surface area contributed by atoms with Crippen molar-refractivity contribution < 1.29 is 32.3 Å². The van der Waals surface area contributed by atoms with Gasteiger partial charge in [0.15, 0.2) is 0 Å². The van der Waals surface area contributed by atoms with Gasteiger partial charge in [-0.2, -0.15) is 13.2 Å². The summed E-state index contributed by atoms with van der Waals surface area (Å²) in [6, 6.07) is 4.52. The number of ether oxygens (including phenoxy) is 1. The van der Waals surface area contributed by atoms with Gasteiger partial charge in [0.05, 0.1) is 6.61 Å². The number of halogens is 4. The number of esters is 1. The Hall–Kier alpha value is -2.33. The highest BCUT2D eigenvalue weighted by atomic mass is 35.5. The van der Waals surface area contributed by atoms with Gasteiger partial charge in [-0.05, 0) is 47.9 Å². The summed E-state index contributed by atoms with van der Waals surface area (Å²) >= 11 is 6.04. The third-order valence-electron chi connectivity index (χ3n) is 5.89. The molecule has 2 amide bonds. The van der Waals surface area contributed by atoms with Crippen molar-refractivity contribution in [3.8, 4) is 0 Å². The molecule has 1 fully saturated rings. The Morgan fingerprint density at radius 1 is 1.24 bits per heavy atom. The molecule has 190 valence electrons. The fourth-order valence-corrected chi connectivity index (χ4v) is 4.23. The molecular weight excluding hydrogens is 475 g/mol. The lowest BCUT2D eigenvalue weighted by atomic mass is 9.78. The van der Waals surface area contributed by atoms with Gasteiger partial charge in [-0.25, -0.2) is 4.79 Å². The van der Waals surface area contributed by atoms with Crippen molar-refractivity contribution >= 4 is 29.4 Å². The molecule has 0 aliphatic carbocycles. The number of alkyl halides is 3. The Morgan fingerprint density at radius 2 is 1.91 bits per heavy atom. The minimum Gasteiger partial charge on any atom is -0.459 e. The molecule has 7 nitrogen and oxygen atoms in total. The molecule has 1 heterocycles. The summed E-state index contributed by atoms with van der Waals surface area (Å²) in [6.45, 7) is 5.62. The maximum Gasteiger partial charge on any atom is 0.490 e. The number of carbonyl (C=O) groups excluding carboxylic acids is 3. The molecule has 11 heteroatoms. The van der Waals surface area contributed by atoms with Gasteiger partial charge in [0.25, 0.3) is 0 Å². The van der Waals surface area contributed by atoms with E-state index in [1.807, 2.05) is 0 Å². The van der Waals surface area contributed by atoms with Crippen LogP contribution in [0.25, 0.3) is 0 Å². The van der Waals surface area contributed by atoms with Crippen molar-refractivity contribution in [2.45, 2.75) is 65.3 Å². The lowest BCUT2D eigenvalue weighted by Gasteiger charge is -2.35. The first-order valence-electron chi connectivity index (χ1n) is 11.0. The summed E-state index contributed by atoms with van der Waals surface area (Å²) in [5.41, 5.74) is 6.74. The molecule has 2 atom stereocenters. The monoisotopic (exact) mass is 505 g/mol. The van der Waals surface area contributed by atoms with Gasteiger partial charge in [0.1, 0.15) is 6.04 Å². The molecule has 0 aromatic heterocycles.